The third-order valence-electron chi connectivity index (χ3n) is 2.69. The molecule has 1 aromatic heterocycles. The topological polar surface area (TPSA) is 34.2 Å². The van der Waals surface area contributed by atoms with Crippen molar-refractivity contribution in [1.82, 2.24) is 10.3 Å². The van der Waals surface area contributed by atoms with Crippen molar-refractivity contribution in [2.45, 2.75) is 26.4 Å². The highest BCUT2D eigenvalue weighted by atomic mass is 79.9. The van der Waals surface area contributed by atoms with Gasteiger partial charge in [-0.2, -0.15) is 0 Å². The number of nitrogens with zero attached hydrogens (tertiary/aromatic N) is 1. The zero-order valence-corrected chi connectivity index (χ0v) is 14.0. The van der Waals surface area contributed by atoms with Gasteiger partial charge in [-0.05, 0) is 24.3 Å². The Balaban J connectivity index is 2.28. The van der Waals surface area contributed by atoms with Crippen LogP contribution in [0.5, 0.6) is 11.6 Å². The lowest BCUT2D eigenvalue weighted by atomic mass is 10.2. The van der Waals surface area contributed by atoms with Crippen molar-refractivity contribution in [3.05, 3.63) is 51.3 Å². The first-order chi connectivity index (χ1) is 9.95. The van der Waals surface area contributed by atoms with Crippen molar-refractivity contribution < 1.29 is 9.13 Å². The molecule has 0 aliphatic rings. The summed E-state index contributed by atoms with van der Waals surface area (Å²) < 4.78 is 19.9. The fourth-order valence-corrected chi connectivity index (χ4v) is 2.16. The fraction of sp³-hybridized carbons (Fsp3) is 0.267. The molecule has 0 atom stereocenters. The van der Waals surface area contributed by atoms with Crippen LogP contribution in [-0.2, 0) is 6.54 Å². The molecule has 21 heavy (non-hydrogen) atoms. The molecule has 0 aliphatic carbocycles. The summed E-state index contributed by atoms with van der Waals surface area (Å²) in [6.07, 6.45) is 1.13. The predicted octanol–water partition coefficient (Wildman–Crippen LogP) is 4.93. The number of hydrogen-bond acceptors (Lipinski definition) is 3. The van der Waals surface area contributed by atoms with E-state index in [1.54, 1.807) is 12.1 Å². The van der Waals surface area contributed by atoms with Crippen LogP contribution in [0.1, 0.15) is 19.4 Å². The first-order valence-electron chi connectivity index (χ1n) is 6.46. The van der Waals surface area contributed by atoms with E-state index in [-0.39, 0.29) is 6.04 Å². The van der Waals surface area contributed by atoms with Crippen molar-refractivity contribution in [2.75, 3.05) is 0 Å². The van der Waals surface area contributed by atoms with Gasteiger partial charge in [-0.1, -0.05) is 41.4 Å². The molecule has 0 amide bonds. The van der Waals surface area contributed by atoms with Gasteiger partial charge < -0.3 is 10.1 Å². The molecule has 0 unspecified atom stereocenters. The van der Waals surface area contributed by atoms with Gasteiger partial charge in [0.15, 0.2) is 0 Å². The summed E-state index contributed by atoms with van der Waals surface area (Å²) in [4.78, 5) is 4.01. The molecular formula is C15H15BrClFN2O. The fourth-order valence-electron chi connectivity index (χ4n) is 1.66. The smallest absolute Gasteiger partial charge is 0.223 e. The molecule has 0 saturated carbocycles. The number of rotatable bonds is 5. The molecule has 112 valence electrons. The van der Waals surface area contributed by atoms with Crippen LogP contribution >= 0.6 is 27.5 Å². The van der Waals surface area contributed by atoms with E-state index >= 15 is 0 Å². The Morgan fingerprint density at radius 2 is 2.14 bits per heavy atom. The van der Waals surface area contributed by atoms with Gasteiger partial charge in [-0.15, -0.1) is 0 Å². The molecule has 3 nitrogen and oxygen atoms in total. The summed E-state index contributed by atoms with van der Waals surface area (Å²) in [5.41, 5.74) is 0.639. The van der Waals surface area contributed by atoms with Crippen LogP contribution in [0.4, 0.5) is 4.39 Å². The molecule has 0 spiro atoms. The maximum atomic E-state index is 13.4. The lowest BCUT2D eigenvalue weighted by Crippen LogP contribution is -2.22. The molecule has 2 rings (SSSR count). The van der Waals surface area contributed by atoms with E-state index in [4.69, 9.17) is 16.3 Å². The monoisotopic (exact) mass is 372 g/mol. The van der Waals surface area contributed by atoms with Crippen LogP contribution in [0.2, 0.25) is 5.02 Å². The molecule has 1 N–H and O–H groups in total. The molecule has 0 saturated heterocycles. The van der Waals surface area contributed by atoms with Crippen LogP contribution in [0.25, 0.3) is 0 Å². The normalized spacial score (nSPS) is 11.0. The third kappa shape index (κ3) is 4.66. The number of ether oxygens (including phenoxy) is 1. The van der Waals surface area contributed by atoms with Gasteiger partial charge in [0.05, 0.1) is 11.2 Å². The Morgan fingerprint density at radius 3 is 2.86 bits per heavy atom. The second-order valence-electron chi connectivity index (χ2n) is 4.83. The maximum Gasteiger partial charge on any atom is 0.223 e. The van der Waals surface area contributed by atoms with Gasteiger partial charge in [0.2, 0.25) is 5.88 Å². The summed E-state index contributed by atoms with van der Waals surface area (Å²) in [5, 5.41) is 3.68. The van der Waals surface area contributed by atoms with E-state index in [0.717, 1.165) is 10.7 Å². The van der Waals surface area contributed by atoms with E-state index in [1.165, 1.54) is 6.07 Å². The molecule has 1 heterocycles. The van der Waals surface area contributed by atoms with Crippen LogP contribution in [-0.4, -0.2) is 11.0 Å². The predicted molar refractivity (Wildman–Crippen MR) is 85.4 cm³/mol. The van der Waals surface area contributed by atoms with E-state index in [0.29, 0.717) is 28.8 Å². The molecule has 1 aromatic carbocycles. The second kappa shape index (κ2) is 7.20. The van der Waals surface area contributed by atoms with Crippen LogP contribution in [0.15, 0.2) is 34.9 Å². The van der Waals surface area contributed by atoms with Gasteiger partial charge in [0.25, 0.3) is 0 Å². The maximum absolute atomic E-state index is 13.4. The number of benzene rings is 1. The number of halogens is 3. The Labute approximate surface area is 136 Å². The van der Waals surface area contributed by atoms with Crippen molar-refractivity contribution in [1.29, 1.82) is 0 Å². The van der Waals surface area contributed by atoms with E-state index < -0.39 is 5.82 Å². The zero-order valence-electron chi connectivity index (χ0n) is 11.7. The summed E-state index contributed by atoms with van der Waals surface area (Å²) in [6, 6.07) is 6.96. The molecule has 0 fully saturated rings. The Morgan fingerprint density at radius 1 is 1.38 bits per heavy atom. The van der Waals surface area contributed by atoms with Gasteiger partial charge in [0, 0.05) is 22.6 Å². The van der Waals surface area contributed by atoms with E-state index in [9.17, 15) is 4.39 Å². The Kier molecular flexibility index (Phi) is 5.56. The highest BCUT2D eigenvalue weighted by Crippen LogP contribution is 2.32. The van der Waals surface area contributed by atoms with Crippen molar-refractivity contribution in [3.63, 3.8) is 0 Å². The van der Waals surface area contributed by atoms with Gasteiger partial charge in [-0.25, -0.2) is 9.37 Å². The van der Waals surface area contributed by atoms with Crippen LogP contribution in [0, 0.1) is 5.82 Å². The minimum Gasteiger partial charge on any atom is -0.437 e. The minimum absolute atomic E-state index is 0.274. The molecule has 0 bridgehead atoms. The van der Waals surface area contributed by atoms with Gasteiger partial charge in [-0.3, -0.25) is 0 Å². The van der Waals surface area contributed by atoms with Crippen molar-refractivity contribution in [2.24, 2.45) is 0 Å². The van der Waals surface area contributed by atoms with Crippen LogP contribution < -0.4 is 10.1 Å². The van der Waals surface area contributed by atoms with Crippen LogP contribution in [0.3, 0.4) is 0 Å². The first kappa shape index (κ1) is 16.2. The summed E-state index contributed by atoms with van der Waals surface area (Å²) in [5.74, 6) is 0.406. The van der Waals surface area contributed by atoms with E-state index in [2.05, 4.69) is 26.2 Å². The zero-order chi connectivity index (χ0) is 15.4. The number of pyridine rings is 1. The average Bonchev–Trinajstić information content (AvgIpc) is 2.43. The van der Waals surface area contributed by atoms with Crippen molar-refractivity contribution in [3.8, 4) is 11.6 Å². The highest BCUT2D eigenvalue weighted by Gasteiger charge is 2.11. The summed E-state index contributed by atoms with van der Waals surface area (Å²) in [6.45, 7) is 4.49. The average molecular weight is 374 g/mol. The molecule has 6 heteroatoms. The number of aromatic nitrogens is 1. The number of nitrogens with one attached hydrogen (secondary N) is 1. The molecule has 2 aromatic rings. The lowest BCUT2D eigenvalue weighted by Gasteiger charge is -2.13. The Bertz CT molecular complexity index is 637. The largest absolute Gasteiger partial charge is 0.437 e. The van der Waals surface area contributed by atoms with Gasteiger partial charge >= 0.3 is 0 Å². The quantitative estimate of drug-likeness (QED) is 0.807. The minimum atomic E-state index is -0.400. The molecule has 0 aliphatic heterocycles. The first-order valence-corrected chi connectivity index (χ1v) is 7.63. The number of hydrogen-bond donors (Lipinski definition) is 1. The summed E-state index contributed by atoms with van der Waals surface area (Å²) in [7, 11) is 0. The van der Waals surface area contributed by atoms with Crippen molar-refractivity contribution >= 4 is 27.5 Å². The highest BCUT2D eigenvalue weighted by molar-refractivity contribution is 9.10. The lowest BCUT2D eigenvalue weighted by molar-refractivity contribution is 0.445. The molecule has 0 radical (unpaired) electrons. The molecular weight excluding hydrogens is 359 g/mol. The standard InChI is InChI=1S/C15H15BrClFN2O/c1-9(2)19-7-10-5-12(18)8-20-15(10)21-14-6-11(16)3-4-13(14)17/h3-6,8-9,19H,7H2,1-2H3. The third-order valence-corrected chi connectivity index (χ3v) is 3.50. The Hall–Kier alpha value is -1.17. The second-order valence-corrected chi connectivity index (χ2v) is 6.15. The summed E-state index contributed by atoms with van der Waals surface area (Å²) >= 11 is 9.45. The van der Waals surface area contributed by atoms with Gasteiger partial charge in [0.1, 0.15) is 11.6 Å². The van der Waals surface area contributed by atoms with E-state index in [1.807, 2.05) is 19.9 Å². The SMILES string of the molecule is CC(C)NCc1cc(F)cnc1Oc1cc(Br)ccc1Cl.